The van der Waals surface area contributed by atoms with E-state index in [0.717, 1.165) is 0 Å². The Morgan fingerprint density at radius 2 is 1.69 bits per heavy atom. The maximum atomic E-state index is 7.94. The van der Waals surface area contributed by atoms with E-state index in [1.54, 1.807) is 12.1 Å². The molecule has 0 aliphatic rings. The highest BCUT2D eigenvalue weighted by Crippen LogP contribution is 2.18. The van der Waals surface area contributed by atoms with Crippen LogP contribution in [0.15, 0.2) is 60.7 Å². The van der Waals surface area contributed by atoms with Gasteiger partial charge in [-0.15, -0.1) is 0 Å². The van der Waals surface area contributed by atoms with Crippen LogP contribution < -0.4 is 0 Å². The van der Waals surface area contributed by atoms with Crippen molar-refractivity contribution < 1.29 is 6.85 Å². The number of fused-ring (bicyclic) bond motifs is 1. The fourth-order valence-corrected chi connectivity index (χ4v) is 1.46. The summed E-state index contributed by atoms with van der Waals surface area (Å²) < 4.78 is 38.9. The van der Waals surface area contributed by atoms with Crippen molar-refractivity contribution in [2.45, 2.75) is 0 Å². The van der Waals surface area contributed by atoms with Gasteiger partial charge < -0.3 is 0 Å². The quantitative estimate of drug-likeness (QED) is 0.617. The van der Waals surface area contributed by atoms with Crippen molar-refractivity contribution in [3.63, 3.8) is 0 Å². The summed E-state index contributed by atoms with van der Waals surface area (Å²) in [5.41, 5.74) is 1.64. The third-order valence-corrected chi connectivity index (χ3v) is 2.20. The zero-order chi connectivity index (χ0) is 15.1. The Labute approximate surface area is 101 Å². The van der Waals surface area contributed by atoms with Crippen molar-refractivity contribution in [3.8, 4) is 11.3 Å². The van der Waals surface area contributed by atoms with Crippen molar-refractivity contribution in [1.82, 2.24) is 9.97 Å². The van der Waals surface area contributed by atoms with Crippen LogP contribution in [0.5, 0.6) is 0 Å². The normalized spacial score (nSPS) is 14.9. The summed E-state index contributed by atoms with van der Waals surface area (Å²) >= 11 is 0. The van der Waals surface area contributed by atoms with Crippen molar-refractivity contribution in [2.75, 3.05) is 0 Å². The molecule has 1 heterocycles. The Morgan fingerprint density at radius 3 is 2.50 bits per heavy atom. The number of rotatable bonds is 1. The van der Waals surface area contributed by atoms with Gasteiger partial charge in [-0.2, -0.15) is 0 Å². The molecule has 0 aliphatic carbocycles. The Morgan fingerprint density at radius 1 is 0.938 bits per heavy atom. The third kappa shape index (κ3) is 1.54. The lowest BCUT2D eigenvalue weighted by molar-refractivity contribution is 1.29. The Bertz CT molecular complexity index is 834. The second-order valence-electron chi connectivity index (χ2n) is 3.24. The van der Waals surface area contributed by atoms with E-state index in [2.05, 4.69) is 9.97 Å². The van der Waals surface area contributed by atoms with Gasteiger partial charge in [0.05, 0.1) is 29.8 Å². The van der Waals surface area contributed by atoms with Crippen molar-refractivity contribution in [3.05, 3.63) is 60.7 Å². The van der Waals surface area contributed by atoms with E-state index < -0.39 is 6.04 Å². The number of benzene rings is 2. The van der Waals surface area contributed by atoms with Crippen LogP contribution in [0.2, 0.25) is 0 Å². The van der Waals surface area contributed by atoms with Crippen LogP contribution in [-0.2, 0) is 0 Å². The number of aromatic nitrogens is 2. The van der Waals surface area contributed by atoms with E-state index in [9.17, 15) is 0 Å². The van der Waals surface area contributed by atoms with Gasteiger partial charge in [-0.25, -0.2) is 4.98 Å². The van der Waals surface area contributed by atoms with E-state index in [4.69, 9.17) is 6.85 Å². The minimum Gasteiger partial charge on any atom is -0.252 e. The van der Waals surface area contributed by atoms with Crippen LogP contribution in [0.4, 0.5) is 0 Å². The Hall–Kier alpha value is -2.22. The van der Waals surface area contributed by atoms with E-state index in [-0.39, 0.29) is 35.4 Å². The second kappa shape index (κ2) is 3.74. The van der Waals surface area contributed by atoms with Crippen LogP contribution in [0, 0.1) is 0 Å². The third-order valence-electron chi connectivity index (χ3n) is 2.20. The highest BCUT2D eigenvalue weighted by atomic mass is 14.8. The standard InChI is InChI=1S/C14H10N2/c1-2-6-11(7-3-1)14-10-15-12-8-4-5-9-13(12)16-14/h1-10H/i1D,2D,3D,6D,7D. The molecule has 0 radical (unpaired) electrons. The molecular weight excluding hydrogens is 196 g/mol. The van der Waals surface area contributed by atoms with Gasteiger partial charge in [-0.1, -0.05) is 42.3 Å². The number of hydrogen-bond acceptors (Lipinski definition) is 2. The first-order valence-corrected chi connectivity index (χ1v) is 4.80. The van der Waals surface area contributed by atoms with Gasteiger partial charge in [0.2, 0.25) is 0 Å². The van der Waals surface area contributed by atoms with Crippen molar-refractivity contribution >= 4 is 11.0 Å². The number of para-hydroxylation sites is 2. The van der Waals surface area contributed by atoms with E-state index in [1.165, 1.54) is 6.20 Å². The number of nitrogens with zero attached hydrogens (tertiary/aromatic N) is 2. The first-order chi connectivity index (χ1) is 10.0. The monoisotopic (exact) mass is 211 g/mol. The largest absolute Gasteiger partial charge is 0.252 e. The maximum Gasteiger partial charge on any atom is 0.0894 e. The molecule has 0 aliphatic heterocycles. The minimum atomic E-state index is -0.414. The van der Waals surface area contributed by atoms with Crippen LogP contribution in [-0.4, -0.2) is 9.97 Å². The molecule has 3 rings (SSSR count). The van der Waals surface area contributed by atoms with Gasteiger partial charge in [-0.3, -0.25) is 4.98 Å². The summed E-state index contributed by atoms with van der Waals surface area (Å²) in [6.45, 7) is 0. The molecule has 2 aromatic carbocycles. The molecule has 0 N–H and O–H groups in total. The molecule has 0 amide bonds. The van der Waals surface area contributed by atoms with Crippen LogP contribution in [0.1, 0.15) is 6.85 Å². The Balaban J connectivity index is 2.32. The van der Waals surface area contributed by atoms with E-state index in [1.807, 2.05) is 12.1 Å². The molecule has 0 bridgehead atoms. The average molecular weight is 211 g/mol. The molecule has 0 saturated heterocycles. The van der Waals surface area contributed by atoms with E-state index >= 15 is 0 Å². The molecular formula is C14H10N2. The van der Waals surface area contributed by atoms with Gasteiger partial charge >= 0.3 is 0 Å². The molecule has 16 heavy (non-hydrogen) atoms. The van der Waals surface area contributed by atoms with Gasteiger partial charge in [0.1, 0.15) is 0 Å². The molecule has 0 spiro atoms. The Kier molecular flexibility index (Phi) is 1.22. The fraction of sp³-hybridized carbons (Fsp3) is 0. The highest BCUT2D eigenvalue weighted by molar-refractivity contribution is 5.76. The summed E-state index contributed by atoms with van der Waals surface area (Å²) in [6.07, 6.45) is 1.43. The fourth-order valence-electron chi connectivity index (χ4n) is 1.46. The second-order valence-corrected chi connectivity index (χ2v) is 3.24. The predicted octanol–water partition coefficient (Wildman–Crippen LogP) is 3.30. The predicted molar refractivity (Wildman–Crippen MR) is 65.0 cm³/mol. The number of hydrogen-bond donors (Lipinski definition) is 0. The van der Waals surface area contributed by atoms with Gasteiger partial charge in [0, 0.05) is 5.56 Å². The molecule has 0 fully saturated rings. The summed E-state index contributed by atoms with van der Waals surface area (Å²) in [4.78, 5) is 8.57. The SMILES string of the molecule is [2H]c1c([2H])c([2H])c(-c2cnc3ccccc3n2)c([2H])c1[2H]. The highest BCUT2D eigenvalue weighted by Gasteiger charge is 2.00. The molecule has 76 valence electrons. The molecule has 0 saturated carbocycles. The zero-order valence-electron chi connectivity index (χ0n) is 13.3. The van der Waals surface area contributed by atoms with Crippen LogP contribution in [0.3, 0.4) is 0 Å². The van der Waals surface area contributed by atoms with Crippen LogP contribution in [0.25, 0.3) is 22.3 Å². The van der Waals surface area contributed by atoms with Crippen molar-refractivity contribution in [1.29, 1.82) is 0 Å². The lowest BCUT2D eigenvalue weighted by atomic mass is 10.1. The van der Waals surface area contributed by atoms with Gasteiger partial charge in [-0.05, 0) is 12.1 Å². The maximum absolute atomic E-state index is 7.94. The average Bonchev–Trinajstić information content (AvgIpc) is 2.51. The summed E-state index contributed by atoms with van der Waals surface area (Å²) in [5.74, 6) is 0. The minimum absolute atomic E-state index is 0.0688. The van der Waals surface area contributed by atoms with Crippen molar-refractivity contribution in [2.24, 2.45) is 0 Å². The summed E-state index contributed by atoms with van der Waals surface area (Å²) in [5, 5.41) is 0. The molecule has 3 aromatic rings. The molecule has 2 nitrogen and oxygen atoms in total. The van der Waals surface area contributed by atoms with Gasteiger partial charge in [0.25, 0.3) is 0 Å². The molecule has 1 aromatic heterocycles. The first-order valence-electron chi connectivity index (χ1n) is 7.30. The molecule has 0 unspecified atom stereocenters. The first kappa shape index (κ1) is 5.21. The lowest BCUT2D eigenvalue weighted by Crippen LogP contribution is -1.87. The lowest BCUT2D eigenvalue weighted by Gasteiger charge is -2.01. The topological polar surface area (TPSA) is 25.8 Å². The molecule has 2 heteroatoms. The van der Waals surface area contributed by atoms with E-state index in [0.29, 0.717) is 11.0 Å². The van der Waals surface area contributed by atoms with Crippen LogP contribution >= 0.6 is 0 Å². The van der Waals surface area contributed by atoms with Gasteiger partial charge in [0.15, 0.2) is 0 Å². The summed E-state index contributed by atoms with van der Waals surface area (Å²) in [7, 11) is 0. The zero-order valence-corrected chi connectivity index (χ0v) is 8.28. The summed E-state index contributed by atoms with van der Waals surface area (Å²) in [6, 6.07) is 5.50. The molecule has 0 atom stereocenters. The smallest absolute Gasteiger partial charge is 0.0894 e.